The van der Waals surface area contributed by atoms with Crippen LogP contribution < -0.4 is 0 Å². The predicted molar refractivity (Wildman–Crippen MR) is 64.0 cm³/mol. The molecule has 0 unspecified atom stereocenters. The van der Waals surface area contributed by atoms with Crippen LogP contribution in [0.2, 0.25) is 5.02 Å². The second kappa shape index (κ2) is 5.56. The van der Waals surface area contributed by atoms with Crippen molar-refractivity contribution in [1.29, 1.82) is 0 Å². The fourth-order valence-electron chi connectivity index (χ4n) is 1.43. The zero-order valence-electron chi connectivity index (χ0n) is 10.1. The van der Waals surface area contributed by atoms with Crippen molar-refractivity contribution in [3.63, 3.8) is 0 Å². The average Bonchev–Trinajstić information content (AvgIpc) is 2.73. The molecule has 12 heteroatoms. The number of tetrazole rings is 1. The molecule has 0 bridgehead atoms. The molecule has 0 saturated heterocycles. The molecule has 2 aromatic heterocycles. The Morgan fingerprint density at radius 2 is 2.00 bits per heavy atom. The standard InChI is InChI=1S/C9H7ClF3N5O2S/c10-6-1-7(3-14-2-6)21(19,20)4-8-15-16-17-18(8)5-9(11,12)13/h1-3H,4-5H2. The van der Waals surface area contributed by atoms with Gasteiger partial charge in [0.05, 0.1) is 9.92 Å². The molecule has 0 radical (unpaired) electrons. The van der Waals surface area contributed by atoms with Gasteiger partial charge in [-0.05, 0) is 16.5 Å². The Balaban J connectivity index is 2.28. The van der Waals surface area contributed by atoms with Crippen molar-refractivity contribution in [3.05, 3.63) is 29.3 Å². The molecule has 7 nitrogen and oxygen atoms in total. The van der Waals surface area contributed by atoms with Crippen LogP contribution in [0.5, 0.6) is 0 Å². The van der Waals surface area contributed by atoms with Gasteiger partial charge in [0.2, 0.25) is 0 Å². The maximum absolute atomic E-state index is 12.3. The monoisotopic (exact) mass is 341 g/mol. The summed E-state index contributed by atoms with van der Waals surface area (Å²) in [6.07, 6.45) is -2.29. The van der Waals surface area contributed by atoms with E-state index in [9.17, 15) is 21.6 Å². The molecule has 0 aliphatic rings. The lowest BCUT2D eigenvalue weighted by Crippen LogP contribution is -2.22. The molecule has 0 aliphatic heterocycles. The molecule has 21 heavy (non-hydrogen) atoms. The van der Waals surface area contributed by atoms with Gasteiger partial charge in [0, 0.05) is 12.4 Å². The van der Waals surface area contributed by atoms with E-state index in [2.05, 4.69) is 20.5 Å². The molecule has 0 aromatic carbocycles. The van der Waals surface area contributed by atoms with Crippen LogP contribution in [0.4, 0.5) is 13.2 Å². The van der Waals surface area contributed by atoms with E-state index in [1.165, 1.54) is 6.20 Å². The molecule has 0 spiro atoms. The van der Waals surface area contributed by atoms with E-state index in [1.807, 2.05) is 0 Å². The van der Waals surface area contributed by atoms with Crippen molar-refractivity contribution < 1.29 is 21.6 Å². The van der Waals surface area contributed by atoms with Crippen LogP contribution in [0.1, 0.15) is 5.82 Å². The number of rotatable bonds is 4. The highest BCUT2D eigenvalue weighted by molar-refractivity contribution is 7.90. The van der Waals surface area contributed by atoms with Crippen LogP contribution in [0.25, 0.3) is 0 Å². The largest absolute Gasteiger partial charge is 0.408 e. The topological polar surface area (TPSA) is 90.6 Å². The van der Waals surface area contributed by atoms with Crippen molar-refractivity contribution in [2.45, 2.75) is 23.4 Å². The quantitative estimate of drug-likeness (QED) is 0.831. The molecule has 2 aromatic rings. The fourth-order valence-corrected chi connectivity index (χ4v) is 2.91. The minimum Gasteiger partial charge on any atom is -0.262 e. The highest BCUT2D eigenvalue weighted by Gasteiger charge is 2.31. The molecular weight excluding hydrogens is 335 g/mol. The van der Waals surface area contributed by atoms with E-state index in [1.54, 1.807) is 0 Å². The molecular formula is C9H7ClF3N5O2S. The average molecular weight is 342 g/mol. The number of nitrogens with zero attached hydrogens (tertiary/aromatic N) is 5. The highest BCUT2D eigenvalue weighted by atomic mass is 35.5. The third kappa shape index (κ3) is 4.11. The summed E-state index contributed by atoms with van der Waals surface area (Å²) < 4.78 is 61.5. The number of halogens is 4. The molecule has 0 amide bonds. The van der Waals surface area contributed by atoms with E-state index < -0.39 is 34.1 Å². The number of sulfone groups is 1. The van der Waals surface area contributed by atoms with Gasteiger partial charge < -0.3 is 0 Å². The first kappa shape index (κ1) is 15.6. The third-order valence-electron chi connectivity index (χ3n) is 2.29. The Morgan fingerprint density at radius 3 is 2.62 bits per heavy atom. The summed E-state index contributed by atoms with van der Waals surface area (Å²) in [6.45, 7) is -1.47. The molecule has 0 N–H and O–H groups in total. The van der Waals surface area contributed by atoms with Gasteiger partial charge in [-0.1, -0.05) is 11.6 Å². The number of pyridine rings is 1. The van der Waals surface area contributed by atoms with Gasteiger partial charge in [-0.25, -0.2) is 13.1 Å². The first-order chi connectivity index (χ1) is 9.67. The summed E-state index contributed by atoms with van der Waals surface area (Å²) in [7, 11) is -3.96. The van der Waals surface area contributed by atoms with Gasteiger partial charge in [0.1, 0.15) is 12.3 Å². The molecule has 0 aliphatic carbocycles. The Kier molecular flexibility index (Phi) is 4.14. The van der Waals surface area contributed by atoms with Gasteiger partial charge >= 0.3 is 6.18 Å². The zero-order chi connectivity index (χ0) is 15.7. The molecule has 2 heterocycles. The van der Waals surface area contributed by atoms with E-state index in [4.69, 9.17) is 11.6 Å². The first-order valence-electron chi connectivity index (χ1n) is 5.32. The summed E-state index contributed by atoms with van der Waals surface area (Å²) >= 11 is 5.63. The van der Waals surface area contributed by atoms with E-state index in [0.717, 1.165) is 12.3 Å². The normalized spacial score (nSPS) is 12.6. The van der Waals surface area contributed by atoms with Crippen LogP contribution in [0.3, 0.4) is 0 Å². The van der Waals surface area contributed by atoms with Crippen molar-refractivity contribution in [1.82, 2.24) is 25.2 Å². The van der Waals surface area contributed by atoms with Crippen LogP contribution in [0.15, 0.2) is 23.4 Å². The summed E-state index contributed by atoms with van der Waals surface area (Å²) in [6, 6.07) is 1.14. The Morgan fingerprint density at radius 1 is 1.29 bits per heavy atom. The molecule has 0 atom stereocenters. The minimum absolute atomic E-state index is 0.0889. The lowest BCUT2D eigenvalue weighted by Gasteiger charge is -2.08. The maximum atomic E-state index is 12.3. The number of hydrogen-bond donors (Lipinski definition) is 0. The minimum atomic E-state index is -4.56. The summed E-state index contributed by atoms with van der Waals surface area (Å²) in [5.74, 6) is -1.22. The van der Waals surface area contributed by atoms with Crippen molar-refractivity contribution in [2.24, 2.45) is 0 Å². The van der Waals surface area contributed by atoms with Crippen molar-refractivity contribution in [2.75, 3.05) is 0 Å². The van der Waals surface area contributed by atoms with Crippen LogP contribution in [0, 0.1) is 0 Å². The Hall–Kier alpha value is -1.75. The zero-order valence-corrected chi connectivity index (χ0v) is 11.7. The SMILES string of the molecule is O=S(=O)(Cc1nnnn1CC(F)(F)F)c1cncc(Cl)c1. The molecule has 0 saturated carbocycles. The highest BCUT2D eigenvalue weighted by Crippen LogP contribution is 2.20. The van der Waals surface area contributed by atoms with Crippen LogP contribution in [-0.2, 0) is 22.1 Å². The summed E-state index contributed by atoms with van der Waals surface area (Å²) in [5, 5.41) is 9.58. The summed E-state index contributed by atoms with van der Waals surface area (Å²) in [4.78, 5) is 3.39. The Labute approximate surface area is 121 Å². The van der Waals surface area contributed by atoms with Crippen molar-refractivity contribution >= 4 is 21.4 Å². The van der Waals surface area contributed by atoms with E-state index >= 15 is 0 Å². The smallest absolute Gasteiger partial charge is 0.262 e. The molecule has 114 valence electrons. The van der Waals surface area contributed by atoms with E-state index in [-0.39, 0.29) is 9.92 Å². The van der Waals surface area contributed by atoms with Gasteiger partial charge in [0.25, 0.3) is 0 Å². The van der Waals surface area contributed by atoms with Gasteiger partial charge in [-0.15, -0.1) is 5.10 Å². The van der Waals surface area contributed by atoms with E-state index in [0.29, 0.717) is 4.68 Å². The summed E-state index contributed by atoms with van der Waals surface area (Å²) in [5.41, 5.74) is 0. The first-order valence-corrected chi connectivity index (χ1v) is 7.35. The maximum Gasteiger partial charge on any atom is 0.408 e. The number of aromatic nitrogens is 5. The fraction of sp³-hybridized carbons (Fsp3) is 0.333. The van der Waals surface area contributed by atoms with Crippen LogP contribution >= 0.6 is 11.6 Å². The lowest BCUT2D eigenvalue weighted by molar-refractivity contribution is -0.143. The second-order valence-electron chi connectivity index (χ2n) is 3.97. The van der Waals surface area contributed by atoms with Gasteiger partial charge in [-0.3, -0.25) is 4.98 Å². The number of hydrogen-bond acceptors (Lipinski definition) is 6. The number of alkyl halides is 3. The second-order valence-corrected chi connectivity index (χ2v) is 6.39. The lowest BCUT2D eigenvalue weighted by atomic mass is 10.5. The van der Waals surface area contributed by atoms with Crippen LogP contribution in [-0.4, -0.2) is 39.8 Å². The third-order valence-corrected chi connectivity index (χ3v) is 4.08. The molecule has 2 rings (SSSR count). The van der Waals surface area contributed by atoms with Crippen molar-refractivity contribution in [3.8, 4) is 0 Å². The van der Waals surface area contributed by atoms with Gasteiger partial charge in [-0.2, -0.15) is 13.2 Å². The van der Waals surface area contributed by atoms with Gasteiger partial charge in [0.15, 0.2) is 15.7 Å². The predicted octanol–water partition coefficient (Wildman–Crippen LogP) is 1.26. The molecule has 0 fully saturated rings. The Bertz CT molecular complexity index is 746.